The van der Waals surface area contributed by atoms with Crippen LogP contribution in [0, 0.1) is 13.8 Å². The smallest absolute Gasteiger partial charge is 0.191 e. The third-order valence-electron chi connectivity index (χ3n) is 3.32. The summed E-state index contributed by atoms with van der Waals surface area (Å²) in [5, 5.41) is 3.70. The third kappa shape index (κ3) is 2.51. The van der Waals surface area contributed by atoms with E-state index in [1.165, 1.54) is 16.7 Å². The molecule has 0 saturated heterocycles. The lowest BCUT2D eigenvalue weighted by Crippen LogP contribution is -1.96. The molecular formula is C15H15N3S2. The molecule has 1 aromatic carbocycles. The lowest BCUT2D eigenvalue weighted by atomic mass is 10.1. The molecular weight excluding hydrogens is 286 g/mol. The summed E-state index contributed by atoms with van der Waals surface area (Å²) in [5.74, 6) is 1.44. The fourth-order valence-corrected chi connectivity index (χ4v) is 4.01. The molecule has 2 aromatic heterocycles. The number of fused-ring (bicyclic) bond motifs is 1. The van der Waals surface area contributed by atoms with Crippen LogP contribution in [0.15, 0.2) is 34.8 Å². The molecule has 3 rings (SSSR count). The Morgan fingerprint density at radius 1 is 1.15 bits per heavy atom. The minimum Gasteiger partial charge on any atom is -0.383 e. The number of rotatable bonds is 3. The Balaban J connectivity index is 1.87. The number of anilines is 1. The van der Waals surface area contributed by atoms with E-state index in [0.717, 1.165) is 21.1 Å². The minimum absolute atomic E-state index is 0.570. The number of hydrogen-bond donors (Lipinski definition) is 1. The Morgan fingerprint density at radius 2 is 1.90 bits per heavy atom. The van der Waals surface area contributed by atoms with E-state index >= 15 is 0 Å². The Morgan fingerprint density at radius 3 is 2.65 bits per heavy atom. The molecule has 0 aliphatic rings. The van der Waals surface area contributed by atoms with Crippen LogP contribution in [0.4, 0.5) is 5.82 Å². The van der Waals surface area contributed by atoms with Crippen LogP contribution in [0.5, 0.6) is 0 Å². The van der Waals surface area contributed by atoms with Crippen LogP contribution in [0.2, 0.25) is 0 Å². The third-order valence-corrected chi connectivity index (χ3v) is 5.00. The molecule has 0 aliphatic heterocycles. The van der Waals surface area contributed by atoms with Crippen molar-refractivity contribution >= 4 is 39.1 Å². The molecule has 0 amide bonds. The largest absolute Gasteiger partial charge is 0.383 e. The first kappa shape index (κ1) is 13.4. The highest BCUT2D eigenvalue weighted by Crippen LogP contribution is 2.29. The lowest BCUT2D eigenvalue weighted by Gasteiger charge is -2.08. The molecule has 0 unspecified atom stereocenters. The van der Waals surface area contributed by atoms with Gasteiger partial charge in [0.1, 0.15) is 10.6 Å². The number of nitrogen functional groups attached to an aromatic ring is 1. The summed E-state index contributed by atoms with van der Waals surface area (Å²) in [6, 6.07) is 8.33. The number of nitrogens with two attached hydrogens (primary N) is 1. The molecule has 3 nitrogen and oxygen atoms in total. The average Bonchev–Trinajstić information content (AvgIpc) is 2.87. The van der Waals surface area contributed by atoms with E-state index in [1.54, 1.807) is 23.1 Å². The van der Waals surface area contributed by atoms with Crippen molar-refractivity contribution in [2.75, 3.05) is 5.73 Å². The number of aryl methyl sites for hydroxylation is 2. The van der Waals surface area contributed by atoms with Crippen molar-refractivity contribution in [1.29, 1.82) is 0 Å². The van der Waals surface area contributed by atoms with E-state index in [1.807, 2.05) is 11.4 Å². The summed E-state index contributed by atoms with van der Waals surface area (Å²) in [5.41, 5.74) is 9.94. The molecule has 3 aromatic rings. The van der Waals surface area contributed by atoms with Gasteiger partial charge in [-0.25, -0.2) is 9.97 Å². The van der Waals surface area contributed by atoms with Gasteiger partial charge in [0.15, 0.2) is 5.16 Å². The van der Waals surface area contributed by atoms with Gasteiger partial charge in [-0.2, -0.15) is 0 Å². The molecule has 20 heavy (non-hydrogen) atoms. The van der Waals surface area contributed by atoms with Gasteiger partial charge in [-0.3, -0.25) is 0 Å². The fourth-order valence-electron chi connectivity index (χ4n) is 2.14. The number of thiophene rings is 1. The number of nitrogens with zero attached hydrogens (tertiary/aromatic N) is 2. The normalized spacial score (nSPS) is 11.1. The van der Waals surface area contributed by atoms with Gasteiger partial charge in [0, 0.05) is 5.75 Å². The molecule has 0 saturated carbocycles. The maximum Gasteiger partial charge on any atom is 0.191 e. The zero-order chi connectivity index (χ0) is 14.1. The van der Waals surface area contributed by atoms with Crippen LogP contribution in [0.3, 0.4) is 0 Å². The van der Waals surface area contributed by atoms with Gasteiger partial charge in [0.2, 0.25) is 0 Å². The molecule has 0 bridgehead atoms. The second-order valence-electron chi connectivity index (χ2n) is 4.69. The molecule has 0 spiro atoms. The van der Waals surface area contributed by atoms with E-state index in [-0.39, 0.29) is 0 Å². The quantitative estimate of drug-likeness (QED) is 0.582. The molecule has 5 heteroatoms. The van der Waals surface area contributed by atoms with E-state index in [9.17, 15) is 0 Å². The summed E-state index contributed by atoms with van der Waals surface area (Å²) in [6.07, 6.45) is 0. The fraction of sp³-hybridized carbons (Fsp3) is 0.200. The van der Waals surface area contributed by atoms with Crippen LogP contribution < -0.4 is 5.73 Å². The van der Waals surface area contributed by atoms with Gasteiger partial charge in [0.05, 0.1) is 5.39 Å². The van der Waals surface area contributed by atoms with Crippen molar-refractivity contribution in [3.8, 4) is 0 Å². The van der Waals surface area contributed by atoms with Crippen LogP contribution in [-0.2, 0) is 5.75 Å². The summed E-state index contributed by atoms with van der Waals surface area (Å²) >= 11 is 3.24. The monoisotopic (exact) mass is 301 g/mol. The maximum atomic E-state index is 5.97. The van der Waals surface area contributed by atoms with Crippen molar-refractivity contribution in [1.82, 2.24) is 9.97 Å². The van der Waals surface area contributed by atoms with Gasteiger partial charge < -0.3 is 5.73 Å². The molecule has 2 heterocycles. The van der Waals surface area contributed by atoms with E-state index in [2.05, 4.69) is 42.0 Å². The summed E-state index contributed by atoms with van der Waals surface area (Å²) in [4.78, 5) is 9.90. The highest BCUT2D eigenvalue weighted by molar-refractivity contribution is 7.98. The number of benzene rings is 1. The molecule has 2 N–H and O–H groups in total. The van der Waals surface area contributed by atoms with Crippen molar-refractivity contribution in [3.63, 3.8) is 0 Å². The first-order valence-corrected chi connectivity index (χ1v) is 8.20. The molecule has 102 valence electrons. The Bertz CT molecular complexity index is 745. The maximum absolute atomic E-state index is 5.97. The topological polar surface area (TPSA) is 51.8 Å². The molecule has 0 aliphatic carbocycles. The van der Waals surface area contributed by atoms with Gasteiger partial charge >= 0.3 is 0 Å². The zero-order valence-corrected chi connectivity index (χ0v) is 13.0. The second kappa shape index (κ2) is 5.42. The Labute approximate surface area is 126 Å². The van der Waals surface area contributed by atoms with Crippen molar-refractivity contribution in [3.05, 3.63) is 46.3 Å². The highest BCUT2D eigenvalue weighted by atomic mass is 32.2. The van der Waals surface area contributed by atoms with Crippen LogP contribution >= 0.6 is 23.1 Å². The molecule has 0 radical (unpaired) electrons. The summed E-state index contributed by atoms with van der Waals surface area (Å²) in [7, 11) is 0. The summed E-state index contributed by atoms with van der Waals surface area (Å²) < 4.78 is 0. The highest BCUT2D eigenvalue weighted by Gasteiger charge is 2.09. The van der Waals surface area contributed by atoms with Crippen molar-refractivity contribution in [2.24, 2.45) is 0 Å². The lowest BCUT2D eigenvalue weighted by molar-refractivity contribution is 1.02. The predicted octanol–water partition coefficient (Wildman–Crippen LogP) is 4.18. The Kier molecular flexibility index (Phi) is 3.63. The van der Waals surface area contributed by atoms with Crippen LogP contribution in [0.25, 0.3) is 10.2 Å². The number of hydrogen-bond acceptors (Lipinski definition) is 5. The average molecular weight is 301 g/mol. The van der Waals surface area contributed by atoms with Gasteiger partial charge in [0.25, 0.3) is 0 Å². The van der Waals surface area contributed by atoms with Crippen molar-refractivity contribution < 1.29 is 0 Å². The Hall–Kier alpha value is -1.59. The SMILES string of the molecule is Cc1cccc(C)c1CSc1nc(N)c2ccsc2n1. The molecule has 0 atom stereocenters. The standard InChI is InChI=1S/C15H15N3S2/c1-9-4-3-5-10(2)12(9)8-20-15-17-13(16)11-6-7-19-14(11)18-15/h3-7H,8H2,1-2H3,(H2,16,17,18). The van der Waals surface area contributed by atoms with E-state index in [0.29, 0.717) is 5.82 Å². The van der Waals surface area contributed by atoms with Crippen molar-refractivity contribution in [2.45, 2.75) is 24.8 Å². The summed E-state index contributed by atoms with van der Waals surface area (Å²) in [6.45, 7) is 4.28. The number of thioether (sulfide) groups is 1. The second-order valence-corrected chi connectivity index (χ2v) is 6.53. The predicted molar refractivity (Wildman–Crippen MR) is 87.3 cm³/mol. The van der Waals surface area contributed by atoms with Gasteiger partial charge in [-0.15, -0.1) is 11.3 Å². The first-order chi connectivity index (χ1) is 9.65. The molecule has 0 fully saturated rings. The van der Waals surface area contributed by atoms with Gasteiger partial charge in [-0.05, 0) is 42.0 Å². The number of aromatic nitrogens is 2. The van der Waals surface area contributed by atoms with E-state index < -0.39 is 0 Å². The van der Waals surface area contributed by atoms with E-state index in [4.69, 9.17) is 5.73 Å². The first-order valence-electron chi connectivity index (χ1n) is 6.34. The van der Waals surface area contributed by atoms with Crippen LogP contribution in [0.1, 0.15) is 16.7 Å². The van der Waals surface area contributed by atoms with Crippen LogP contribution in [-0.4, -0.2) is 9.97 Å². The van der Waals surface area contributed by atoms with Gasteiger partial charge in [-0.1, -0.05) is 30.0 Å². The zero-order valence-electron chi connectivity index (χ0n) is 11.4. The minimum atomic E-state index is 0.570.